The van der Waals surface area contributed by atoms with Crippen LogP contribution >= 0.6 is 0 Å². The fraction of sp³-hybridized carbons (Fsp3) is 0.200. The summed E-state index contributed by atoms with van der Waals surface area (Å²) in [6, 6.07) is 11.4. The van der Waals surface area contributed by atoms with E-state index in [-0.39, 0.29) is 19.0 Å². The summed E-state index contributed by atoms with van der Waals surface area (Å²) in [6.45, 7) is 0.104. The van der Waals surface area contributed by atoms with Gasteiger partial charge in [0.2, 0.25) is 0 Å². The van der Waals surface area contributed by atoms with Crippen molar-refractivity contribution in [2.24, 2.45) is 0 Å². The zero-order valence-corrected chi connectivity index (χ0v) is 10.6. The van der Waals surface area contributed by atoms with Crippen molar-refractivity contribution in [3.05, 3.63) is 59.4 Å². The minimum Gasteiger partial charge on any atom is -0.497 e. The van der Waals surface area contributed by atoms with E-state index in [2.05, 4.69) is 0 Å². The van der Waals surface area contributed by atoms with Crippen LogP contribution in [0.5, 0.6) is 11.5 Å². The molecular formula is C15H15FO3. The lowest BCUT2D eigenvalue weighted by atomic mass is 10.2. The zero-order chi connectivity index (χ0) is 13.7. The fourth-order valence-corrected chi connectivity index (χ4v) is 1.73. The van der Waals surface area contributed by atoms with Gasteiger partial charge in [-0.1, -0.05) is 12.1 Å². The van der Waals surface area contributed by atoms with Crippen LogP contribution in [0.4, 0.5) is 4.39 Å². The Balaban J connectivity index is 2.11. The summed E-state index contributed by atoms with van der Waals surface area (Å²) < 4.78 is 23.7. The van der Waals surface area contributed by atoms with Crippen LogP contribution < -0.4 is 9.47 Å². The first-order chi connectivity index (χ1) is 9.22. The first kappa shape index (κ1) is 13.4. The van der Waals surface area contributed by atoms with E-state index in [0.29, 0.717) is 17.1 Å². The molecular weight excluding hydrogens is 247 g/mol. The highest BCUT2D eigenvalue weighted by Gasteiger charge is 2.05. The third kappa shape index (κ3) is 3.45. The van der Waals surface area contributed by atoms with Crippen molar-refractivity contribution in [3.63, 3.8) is 0 Å². The lowest BCUT2D eigenvalue weighted by Gasteiger charge is -2.11. The molecule has 0 radical (unpaired) electrons. The Morgan fingerprint density at radius 3 is 2.68 bits per heavy atom. The lowest BCUT2D eigenvalue weighted by Crippen LogP contribution is -1.99. The van der Waals surface area contributed by atoms with E-state index in [9.17, 15) is 9.50 Å². The van der Waals surface area contributed by atoms with Crippen molar-refractivity contribution in [1.29, 1.82) is 0 Å². The van der Waals surface area contributed by atoms with Gasteiger partial charge < -0.3 is 14.6 Å². The first-order valence-electron chi connectivity index (χ1n) is 5.88. The van der Waals surface area contributed by atoms with Gasteiger partial charge in [0.25, 0.3) is 0 Å². The summed E-state index contributed by atoms with van der Waals surface area (Å²) in [7, 11) is 1.56. The Hall–Kier alpha value is -2.07. The summed E-state index contributed by atoms with van der Waals surface area (Å²) in [5.41, 5.74) is 1.37. The molecule has 0 saturated heterocycles. The Kier molecular flexibility index (Phi) is 4.36. The number of methoxy groups -OCH3 is 1. The minimum absolute atomic E-state index is 0.143. The fourth-order valence-electron chi connectivity index (χ4n) is 1.73. The lowest BCUT2D eigenvalue weighted by molar-refractivity contribution is 0.257. The molecule has 0 amide bonds. The number of aliphatic hydroxyl groups is 1. The van der Waals surface area contributed by atoms with E-state index in [0.717, 1.165) is 5.56 Å². The number of ether oxygens (including phenoxy) is 2. The number of benzene rings is 2. The quantitative estimate of drug-likeness (QED) is 0.900. The van der Waals surface area contributed by atoms with Gasteiger partial charge in [0.05, 0.1) is 13.7 Å². The highest BCUT2D eigenvalue weighted by atomic mass is 19.1. The number of hydrogen-bond donors (Lipinski definition) is 1. The third-order valence-electron chi connectivity index (χ3n) is 2.72. The van der Waals surface area contributed by atoms with Gasteiger partial charge in [0, 0.05) is 5.56 Å². The minimum atomic E-state index is -0.293. The van der Waals surface area contributed by atoms with Gasteiger partial charge in [-0.15, -0.1) is 0 Å². The highest BCUT2D eigenvalue weighted by molar-refractivity contribution is 5.40. The molecule has 2 rings (SSSR count). The van der Waals surface area contributed by atoms with Crippen LogP contribution in [0.25, 0.3) is 0 Å². The Morgan fingerprint density at radius 2 is 2.00 bits per heavy atom. The van der Waals surface area contributed by atoms with Crippen molar-refractivity contribution in [2.45, 2.75) is 13.2 Å². The first-order valence-corrected chi connectivity index (χ1v) is 5.88. The number of halogens is 1. The maximum Gasteiger partial charge on any atom is 0.125 e. The molecule has 0 saturated carbocycles. The topological polar surface area (TPSA) is 38.7 Å². The Bertz CT molecular complexity index is 555. The molecule has 3 nitrogen and oxygen atoms in total. The molecule has 0 heterocycles. The molecule has 0 aliphatic heterocycles. The van der Waals surface area contributed by atoms with Crippen LogP contribution in [-0.2, 0) is 13.2 Å². The molecule has 2 aromatic carbocycles. The summed E-state index contributed by atoms with van der Waals surface area (Å²) in [6.07, 6.45) is 0. The van der Waals surface area contributed by atoms with Gasteiger partial charge in [-0.05, 0) is 35.9 Å². The SMILES string of the molecule is COc1ccc(OCc2cccc(F)c2)c(CO)c1. The molecule has 2 aromatic rings. The predicted molar refractivity (Wildman–Crippen MR) is 69.6 cm³/mol. The van der Waals surface area contributed by atoms with Crippen LogP contribution in [0.1, 0.15) is 11.1 Å². The van der Waals surface area contributed by atoms with E-state index in [1.807, 2.05) is 0 Å². The van der Waals surface area contributed by atoms with E-state index < -0.39 is 0 Å². The molecule has 0 fully saturated rings. The van der Waals surface area contributed by atoms with Crippen LogP contribution in [0.15, 0.2) is 42.5 Å². The number of rotatable bonds is 5. The average Bonchev–Trinajstić information content (AvgIpc) is 2.45. The van der Waals surface area contributed by atoms with Crippen LogP contribution in [0.2, 0.25) is 0 Å². The molecule has 19 heavy (non-hydrogen) atoms. The second kappa shape index (κ2) is 6.20. The van der Waals surface area contributed by atoms with Crippen molar-refractivity contribution in [3.8, 4) is 11.5 Å². The largest absolute Gasteiger partial charge is 0.497 e. The van der Waals surface area contributed by atoms with E-state index in [4.69, 9.17) is 9.47 Å². The Labute approximate surface area is 111 Å². The monoisotopic (exact) mass is 262 g/mol. The van der Waals surface area contributed by atoms with Gasteiger partial charge >= 0.3 is 0 Å². The van der Waals surface area contributed by atoms with E-state index >= 15 is 0 Å². The smallest absolute Gasteiger partial charge is 0.125 e. The second-order valence-corrected chi connectivity index (χ2v) is 4.05. The maximum absolute atomic E-state index is 13.0. The molecule has 0 unspecified atom stereocenters. The van der Waals surface area contributed by atoms with Gasteiger partial charge in [-0.3, -0.25) is 0 Å². The number of hydrogen-bond acceptors (Lipinski definition) is 3. The van der Waals surface area contributed by atoms with E-state index in [1.165, 1.54) is 12.1 Å². The second-order valence-electron chi connectivity index (χ2n) is 4.05. The molecule has 0 aromatic heterocycles. The summed E-state index contributed by atoms with van der Waals surface area (Å²) in [5, 5.41) is 9.28. The highest BCUT2D eigenvalue weighted by Crippen LogP contribution is 2.25. The standard InChI is InChI=1S/C15H15FO3/c1-18-14-5-6-15(12(8-14)9-17)19-10-11-3-2-4-13(16)7-11/h2-8,17H,9-10H2,1H3. The average molecular weight is 262 g/mol. The molecule has 1 N–H and O–H groups in total. The van der Waals surface area contributed by atoms with Crippen molar-refractivity contribution in [2.75, 3.05) is 7.11 Å². The maximum atomic E-state index is 13.0. The van der Waals surface area contributed by atoms with Crippen molar-refractivity contribution < 1.29 is 19.0 Å². The normalized spacial score (nSPS) is 10.3. The molecule has 0 bridgehead atoms. The van der Waals surface area contributed by atoms with E-state index in [1.54, 1.807) is 37.4 Å². The molecule has 4 heteroatoms. The van der Waals surface area contributed by atoms with Crippen LogP contribution in [0.3, 0.4) is 0 Å². The Morgan fingerprint density at radius 1 is 1.16 bits per heavy atom. The molecule has 0 aliphatic carbocycles. The summed E-state index contributed by atoms with van der Waals surface area (Å²) in [5.74, 6) is 0.924. The number of aliphatic hydroxyl groups excluding tert-OH is 1. The molecule has 100 valence electrons. The van der Waals surface area contributed by atoms with Crippen molar-refractivity contribution >= 4 is 0 Å². The predicted octanol–water partition coefficient (Wildman–Crippen LogP) is 2.91. The molecule has 0 spiro atoms. The molecule has 0 aliphatic rings. The van der Waals surface area contributed by atoms with Crippen molar-refractivity contribution in [1.82, 2.24) is 0 Å². The summed E-state index contributed by atoms with van der Waals surface area (Å²) in [4.78, 5) is 0. The van der Waals surface area contributed by atoms with Gasteiger partial charge in [0.1, 0.15) is 23.9 Å². The zero-order valence-electron chi connectivity index (χ0n) is 10.6. The molecule has 0 atom stereocenters. The van der Waals surface area contributed by atoms with Gasteiger partial charge in [0.15, 0.2) is 0 Å². The van der Waals surface area contributed by atoms with Gasteiger partial charge in [-0.2, -0.15) is 0 Å². The van der Waals surface area contributed by atoms with Crippen LogP contribution in [-0.4, -0.2) is 12.2 Å². The van der Waals surface area contributed by atoms with Gasteiger partial charge in [-0.25, -0.2) is 4.39 Å². The third-order valence-corrected chi connectivity index (χ3v) is 2.72. The van der Waals surface area contributed by atoms with Crippen LogP contribution in [0, 0.1) is 5.82 Å². The summed E-state index contributed by atoms with van der Waals surface area (Å²) >= 11 is 0.